The highest BCUT2D eigenvalue weighted by Crippen LogP contribution is 2.21. The number of imidazole rings is 1. The summed E-state index contributed by atoms with van der Waals surface area (Å²) in [6.45, 7) is 2.76. The Kier molecular flexibility index (Phi) is 2.26. The van der Waals surface area contributed by atoms with Crippen molar-refractivity contribution >= 4 is 5.91 Å². The van der Waals surface area contributed by atoms with Gasteiger partial charge in [-0.15, -0.1) is 0 Å². The third-order valence-electron chi connectivity index (χ3n) is 2.77. The Labute approximate surface area is 88.3 Å². The summed E-state index contributed by atoms with van der Waals surface area (Å²) in [4.78, 5) is 17.5. The average molecular weight is 209 g/mol. The monoisotopic (exact) mass is 209 g/mol. The number of aromatic nitrogens is 2. The summed E-state index contributed by atoms with van der Waals surface area (Å²) in [6.07, 6.45) is 3.79. The molecule has 0 saturated carbocycles. The Balaban J connectivity index is 2.14. The van der Waals surface area contributed by atoms with Gasteiger partial charge in [0.15, 0.2) is 0 Å². The lowest BCUT2D eigenvalue weighted by atomic mass is 10.1. The first kappa shape index (κ1) is 10.2. The Hall–Kier alpha value is -1.36. The van der Waals surface area contributed by atoms with E-state index in [1.807, 2.05) is 0 Å². The molecule has 0 bridgehead atoms. The van der Waals surface area contributed by atoms with Gasteiger partial charge in [-0.05, 0) is 13.3 Å². The highest BCUT2D eigenvalue weighted by atomic mass is 16.3. The van der Waals surface area contributed by atoms with Crippen LogP contribution in [-0.2, 0) is 7.05 Å². The van der Waals surface area contributed by atoms with Gasteiger partial charge in [0.2, 0.25) is 0 Å². The van der Waals surface area contributed by atoms with Gasteiger partial charge >= 0.3 is 0 Å². The van der Waals surface area contributed by atoms with Crippen LogP contribution in [-0.4, -0.2) is 44.2 Å². The summed E-state index contributed by atoms with van der Waals surface area (Å²) >= 11 is 0. The molecule has 1 saturated heterocycles. The Morgan fingerprint density at radius 2 is 2.40 bits per heavy atom. The molecular weight excluding hydrogens is 194 g/mol. The van der Waals surface area contributed by atoms with Gasteiger partial charge in [-0.25, -0.2) is 4.98 Å². The van der Waals surface area contributed by atoms with Crippen molar-refractivity contribution in [1.82, 2.24) is 14.5 Å². The fraction of sp³-hybridized carbons (Fsp3) is 0.600. The number of likely N-dealkylation sites (tertiary alicyclic amines) is 1. The molecule has 1 aliphatic rings. The predicted molar refractivity (Wildman–Crippen MR) is 54.4 cm³/mol. The zero-order valence-corrected chi connectivity index (χ0v) is 8.97. The number of carbonyl (C=O) groups excluding carboxylic acids is 1. The number of rotatable bonds is 1. The fourth-order valence-corrected chi connectivity index (χ4v) is 1.84. The summed E-state index contributed by atoms with van der Waals surface area (Å²) in [5, 5.41) is 9.76. The SMILES string of the molecule is Cn1cncc1C(=O)N1CCC(C)(O)C1. The number of hydrogen-bond acceptors (Lipinski definition) is 3. The summed E-state index contributed by atoms with van der Waals surface area (Å²) in [6, 6.07) is 0. The van der Waals surface area contributed by atoms with Crippen LogP contribution in [0.25, 0.3) is 0 Å². The van der Waals surface area contributed by atoms with E-state index < -0.39 is 5.60 Å². The highest BCUT2D eigenvalue weighted by Gasteiger charge is 2.34. The van der Waals surface area contributed by atoms with E-state index in [4.69, 9.17) is 0 Å². The van der Waals surface area contributed by atoms with Crippen molar-refractivity contribution in [2.24, 2.45) is 7.05 Å². The first-order valence-corrected chi connectivity index (χ1v) is 4.97. The molecule has 1 amide bonds. The first-order valence-electron chi connectivity index (χ1n) is 4.97. The second kappa shape index (κ2) is 3.34. The lowest BCUT2D eigenvalue weighted by Gasteiger charge is -2.18. The standard InChI is InChI=1S/C10H15N3O2/c1-10(15)3-4-13(6-10)9(14)8-5-11-7-12(8)2/h5,7,15H,3-4,6H2,1-2H3. The van der Waals surface area contributed by atoms with Crippen molar-refractivity contribution in [2.45, 2.75) is 18.9 Å². The molecule has 0 radical (unpaired) electrons. The van der Waals surface area contributed by atoms with E-state index in [2.05, 4.69) is 4.98 Å². The van der Waals surface area contributed by atoms with Gasteiger partial charge in [-0.3, -0.25) is 4.79 Å². The second-order valence-corrected chi connectivity index (χ2v) is 4.36. The van der Waals surface area contributed by atoms with Crippen LogP contribution in [0.2, 0.25) is 0 Å². The third kappa shape index (κ3) is 1.87. The van der Waals surface area contributed by atoms with Gasteiger partial charge in [-0.1, -0.05) is 0 Å². The number of carbonyl (C=O) groups is 1. The molecule has 1 atom stereocenters. The molecule has 5 nitrogen and oxygen atoms in total. The van der Waals surface area contributed by atoms with Crippen molar-refractivity contribution < 1.29 is 9.90 Å². The number of aryl methyl sites for hydroxylation is 1. The van der Waals surface area contributed by atoms with Crippen molar-refractivity contribution in [3.8, 4) is 0 Å². The minimum atomic E-state index is -0.742. The number of nitrogens with zero attached hydrogens (tertiary/aromatic N) is 3. The van der Waals surface area contributed by atoms with Crippen molar-refractivity contribution in [1.29, 1.82) is 0 Å². The maximum absolute atomic E-state index is 12.0. The Morgan fingerprint density at radius 1 is 1.67 bits per heavy atom. The summed E-state index contributed by atoms with van der Waals surface area (Å²) < 4.78 is 1.69. The van der Waals surface area contributed by atoms with E-state index in [9.17, 15) is 9.90 Å². The summed E-state index contributed by atoms with van der Waals surface area (Å²) in [5.41, 5.74) is -0.179. The zero-order chi connectivity index (χ0) is 11.1. The van der Waals surface area contributed by atoms with E-state index >= 15 is 0 Å². The van der Waals surface area contributed by atoms with Gasteiger partial charge in [0, 0.05) is 20.1 Å². The summed E-state index contributed by atoms with van der Waals surface area (Å²) in [5.74, 6) is -0.0622. The molecule has 82 valence electrons. The smallest absolute Gasteiger partial charge is 0.272 e. The van der Waals surface area contributed by atoms with Crippen molar-refractivity contribution in [3.05, 3.63) is 18.2 Å². The van der Waals surface area contributed by atoms with Gasteiger partial charge in [0.1, 0.15) is 5.69 Å². The molecule has 0 aromatic carbocycles. The summed E-state index contributed by atoms with van der Waals surface area (Å²) in [7, 11) is 1.79. The predicted octanol–water partition coefficient (Wildman–Crippen LogP) is 0.0170. The topological polar surface area (TPSA) is 58.4 Å². The van der Waals surface area contributed by atoms with Crippen LogP contribution in [0.4, 0.5) is 0 Å². The molecule has 1 unspecified atom stereocenters. The molecule has 1 N–H and O–H groups in total. The second-order valence-electron chi connectivity index (χ2n) is 4.36. The molecule has 15 heavy (non-hydrogen) atoms. The first-order chi connectivity index (χ1) is 6.99. The minimum absolute atomic E-state index is 0.0622. The number of β-amino-alcohol motifs (C(OH)–C–C–N with tert-alkyl or cyclic N) is 1. The Bertz CT molecular complexity index is 384. The molecule has 1 aromatic rings. The van der Waals surface area contributed by atoms with E-state index in [1.165, 1.54) is 0 Å². The van der Waals surface area contributed by atoms with E-state index in [0.717, 1.165) is 0 Å². The fourth-order valence-electron chi connectivity index (χ4n) is 1.84. The average Bonchev–Trinajstić information content (AvgIpc) is 2.71. The number of hydrogen-bond donors (Lipinski definition) is 1. The lowest BCUT2D eigenvalue weighted by molar-refractivity contribution is 0.0567. The van der Waals surface area contributed by atoms with E-state index in [-0.39, 0.29) is 5.91 Å². The largest absolute Gasteiger partial charge is 0.388 e. The normalized spacial score (nSPS) is 25.9. The third-order valence-corrected chi connectivity index (χ3v) is 2.77. The highest BCUT2D eigenvalue weighted by molar-refractivity contribution is 5.92. The van der Waals surface area contributed by atoms with Gasteiger partial charge in [-0.2, -0.15) is 0 Å². The van der Waals surface area contributed by atoms with Crippen LogP contribution in [0.5, 0.6) is 0 Å². The maximum atomic E-state index is 12.0. The molecule has 2 heterocycles. The van der Waals surface area contributed by atoms with Crippen molar-refractivity contribution in [2.75, 3.05) is 13.1 Å². The molecular formula is C10H15N3O2. The molecule has 1 fully saturated rings. The van der Waals surface area contributed by atoms with Crippen LogP contribution in [0, 0.1) is 0 Å². The van der Waals surface area contributed by atoms with Crippen LogP contribution >= 0.6 is 0 Å². The lowest BCUT2D eigenvalue weighted by Crippen LogP contribution is -2.34. The van der Waals surface area contributed by atoms with Crippen LogP contribution < -0.4 is 0 Å². The molecule has 1 aromatic heterocycles. The number of amides is 1. The minimum Gasteiger partial charge on any atom is -0.388 e. The van der Waals surface area contributed by atoms with Crippen LogP contribution in [0.3, 0.4) is 0 Å². The van der Waals surface area contributed by atoms with Crippen LogP contribution in [0.15, 0.2) is 12.5 Å². The molecule has 1 aliphatic heterocycles. The molecule has 5 heteroatoms. The molecule has 0 spiro atoms. The maximum Gasteiger partial charge on any atom is 0.272 e. The van der Waals surface area contributed by atoms with Gasteiger partial charge < -0.3 is 14.6 Å². The molecule has 0 aliphatic carbocycles. The quantitative estimate of drug-likeness (QED) is 0.709. The van der Waals surface area contributed by atoms with Crippen LogP contribution in [0.1, 0.15) is 23.8 Å². The van der Waals surface area contributed by atoms with Crippen molar-refractivity contribution in [3.63, 3.8) is 0 Å². The zero-order valence-electron chi connectivity index (χ0n) is 8.97. The molecule has 2 rings (SSSR count). The van der Waals surface area contributed by atoms with Gasteiger partial charge in [0.05, 0.1) is 18.1 Å². The van der Waals surface area contributed by atoms with E-state index in [0.29, 0.717) is 25.2 Å². The number of aliphatic hydroxyl groups is 1. The van der Waals surface area contributed by atoms with E-state index in [1.54, 1.807) is 36.0 Å². The Morgan fingerprint density at radius 3 is 2.87 bits per heavy atom. The van der Waals surface area contributed by atoms with Gasteiger partial charge in [0.25, 0.3) is 5.91 Å².